The maximum Gasteiger partial charge on any atom is 0.435 e. The summed E-state index contributed by atoms with van der Waals surface area (Å²) in [5.74, 6) is 2.95. The van der Waals surface area contributed by atoms with E-state index >= 15 is 0 Å². The van der Waals surface area contributed by atoms with E-state index in [2.05, 4.69) is 55.4 Å². The van der Waals surface area contributed by atoms with Crippen LogP contribution in [0.5, 0.6) is 11.8 Å². The number of methoxy groups -OCH3 is 2. The van der Waals surface area contributed by atoms with Crippen LogP contribution in [0, 0.1) is 0 Å². The first-order chi connectivity index (χ1) is 41.8. The number of carbonyl (C=O) groups is 1. The van der Waals surface area contributed by atoms with Gasteiger partial charge < -0.3 is 33.6 Å². The molecule has 0 saturated heterocycles. The number of nitrogens with zero attached hydrogens (tertiary/aromatic N) is 17. The van der Waals surface area contributed by atoms with Crippen molar-refractivity contribution in [1.82, 2.24) is 88.8 Å². The Hall–Kier alpha value is -9.47. The van der Waals surface area contributed by atoms with E-state index in [0.29, 0.717) is 101 Å². The van der Waals surface area contributed by atoms with Crippen molar-refractivity contribution >= 4 is 28.2 Å². The number of rotatable bonds is 12. The molecule has 2 aromatic carbocycles. The van der Waals surface area contributed by atoms with E-state index in [9.17, 15) is 31.1 Å². The highest BCUT2D eigenvalue weighted by Crippen LogP contribution is 2.47. The molecule has 14 rings (SSSR count). The number of ether oxygens (including phenoxy) is 3. The lowest BCUT2D eigenvalue weighted by molar-refractivity contribution is -0.142. The van der Waals surface area contributed by atoms with Gasteiger partial charge in [0.2, 0.25) is 11.8 Å². The number of fused-ring (bicyclic) bond motifs is 4. The van der Waals surface area contributed by atoms with Crippen LogP contribution >= 0.6 is 0 Å². The van der Waals surface area contributed by atoms with Crippen LogP contribution in [0.3, 0.4) is 0 Å². The summed E-state index contributed by atoms with van der Waals surface area (Å²) in [4.78, 5) is 58.3. The molecular formula is C59H56F6N18O4. The summed E-state index contributed by atoms with van der Waals surface area (Å²) >= 11 is 0. The summed E-state index contributed by atoms with van der Waals surface area (Å²) in [6, 6.07) is 14.5. The lowest BCUT2D eigenvalue weighted by Gasteiger charge is -2.31. The van der Waals surface area contributed by atoms with Crippen molar-refractivity contribution in [2.45, 2.75) is 116 Å². The number of benzene rings is 2. The average Bonchev–Trinajstić information content (AvgIpc) is 1.81. The summed E-state index contributed by atoms with van der Waals surface area (Å²) in [5, 5.41) is 13.6. The third-order valence-electron chi connectivity index (χ3n) is 15.4. The second-order valence-electron chi connectivity index (χ2n) is 22.6. The molecule has 0 spiro atoms. The Balaban J connectivity index is 0.000000163. The molecule has 10 heterocycles. The molecule has 28 heteroatoms. The number of halogens is 6. The van der Waals surface area contributed by atoms with Crippen molar-refractivity contribution in [2.24, 2.45) is 0 Å². The molecule has 0 unspecified atom stereocenters. The predicted molar refractivity (Wildman–Crippen MR) is 302 cm³/mol. The van der Waals surface area contributed by atoms with Crippen LogP contribution < -0.4 is 14.8 Å². The van der Waals surface area contributed by atoms with Crippen LogP contribution in [0.1, 0.15) is 104 Å². The van der Waals surface area contributed by atoms with Crippen molar-refractivity contribution in [3.8, 4) is 57.3 Å². The van der Waals surface area contributed by atoms with Gasteiger partial charge in [-0.05, 0) is 57.6 Å². The molecule has 0 radical (unpaired) electrons. The molecule has 448 valence electrons. The number of hydrogen-bond acceptors (Lipinski definition) is 17. The standard InChI is InChI=1S/C32H32F3N9O3.C27H24F3N9O/c1-31(2,3)47-30(45)42-11-12-43-22(16-42)25(32(33,34)35)40-27(43)20-7-5-18(6-8-20)15-44-28-21(14-39-44)13-36-26(41-28)23-24(19-9-10-19)37-17-38-29(23)46-4;1-40-26-20(21(16-6-7-16)33-14-34-26)23-32-10-18-11-35-39(25(18)37-23)13-15-2-4-17(5-3-15)24-36-22(27(28,29)30)19-12-31-8-9-38(19)24/h5-8,13-14,17,19H,9-12,15-16H2,1-4H3;2-5,10-11,14,16,31H,6-9,12-13H2,1H3. The van der Waals surface area contributed by atoms with Crippen molar-refractivity contribution in [3.05, 3.63) is 131 Å². The van der Waals surface area contributed by atoms with Gasteiger partial charge >= 0.3 is 18.4 Å². The molecule has 2 saturated carbocycles. The minimum atomic E-state index is -4.69. The lowest BCUT2D eigenvalue weighted by Crippen LogP contribution is -2.42. The number of amides is 1. The van der Waals surface area contributed by atoms with Crippen LogP contribution in [0.4, 0.5) is 31.1 Å². The highest BCUT2D eigenvalue weighted by molar-refractivity contribution is 5.79. The van der Waals surface area contributed by atoms with Gasteiger partial charge in [-0.2, -0.15) is 36.5 Å². The maximum atomic E-state index is 14.1. The first kappa shape index (κ1) is 56.6. The number of alkyl halides is 6. The van der Waals surface area contributed by atoms with Crippen molar-refractivity contribution in [3.63, 3.8) is 0 Å². The minimum absolute atomic E-state index is 0.0718. The van der Waals surface area contributed by atoms with E-state index in [0.717, 1.165) is 59.0 Å². The van der Waals surface area contributed by atoms with Crippen LogP contribution in [0.25, 0.3) is 67.6 Å². The molecular weight excluding hydrogens is 1140 g/mol. The molecule has 0 atom stereocenters. The zero-order chi connectivity index (χ0) is 60.5. The summed E-state index contributed by atoms with van der Waals surface area (Å²) < 4.78 is 106. The molecule has 8 aromatic heterocycles. The first-order valence-electron chi connectivity index (χ1n) is 28.2. The maximum absolute atomic E-state index is 14.1. The van der Waals surface area contributed by atoms with E-state index in [1.165, 1.54) is 22.1 Å². The predicted octanol–water partition coefficient (Wildman–Crippen LogP) is 10.1. The molecule has 87 heavy (non-hydrogen) atoms. The van der Waals surface area contributed by atoms with Crippen LogP contribution in [0.2, 0.25) is 0 Å². The van der Waals surface area contributed by atoms with E-state index in [1.807, 2.05) is 24.3 Å². The lowest BCUT2D eigenvalue weighted by atomic mass is 10.1. The van der Waals surface area contributed by atoms with E-state index in [4.69, 9.17) is 24.2 Å². The smallest absolute Gasteiger partial charge is 0.435 e. The van der Waals surface area contributed by atoms with E-state index in [1.54, 1.807) is 98.0 Å². The van der Waals surface area contributed by atoms with Gasteiger partial charge in [0.05, 0.1) is 79.8 Å². The van der Waals surface area contributed by atoms with Gasteiger partial charge in [-0.1, -0.05) is 48.5 Å². The molecule has 0 bridgehead atoms. The fourth-order valence-corrected chi connectivity index (χ4v) is 10.9. The third-order valence-corrected chi connectivity index (χ3v) is 15.4. The van der Waals surface area contributed by atoms with Crippen molar-refractivity contribution in [2.75, 3.05) is 27.3 Å². The summed E-state index contributed by atoms with van der Waals surface area (Å²) in [5.41, 5.74) is 4.79. The molecule has 10 aromatic rings. The molecule has 1 N–H and O–H groups in total. The van der Waals surface area contributed by atoms with Gasteiger partial charge in [0, 0.05) is 68.1 Å². The number of imidazole rings is 2. The van der Waals surface area contributed by atoms with Crippen molar-refractivity contribution in [1.29, 1.82) is 0 Å². The normalized spacial score (nSPS) is 15.3. The minimum Gasteiger partial charge on any atom is -0.480 e. The molecule has 1 amide bonds. The second kappa shape index (κ2) is 22.1. The first-order valence-corrected chi connectivity index (χ1v) is 28.2. The van der Waals surface area contributed by atoms with Crippen LogP contribution in [-0.4, -0.2) is 122 Å². The Kier molecular flexibility index (Phi) is 14.4. The zero-order valence-corrected chi connectivity index (χ0v) is 47.7. The second-order valence-corrected chi connectivity index (χ2v) is 22.6. The topological polar surface area (TPSA) is 234 Å². The Bertz CT molecular complexity index is 4240. The quantitative estimate of drug-likeness (QED) is 0.112. The number of hydrogen-bond donors (Lipinski definition) is 1. The number of aromatic nitrogens is 16. The van der Waals surface area contributed by atoms with Crippen LogP contribution in [0.15, 0.2) is 86.0 Å². The largest absolute Gasteiger partial charge is 0.480 e. The van der Waals surface area contributed by atoms with E-state index in [-0.39, 0.29) is 43.4 Å². The van der Waals surface area contributed by atoms with Gasteiger partial charge in [0.1, 0.15) is 41.0 Å². The Labute approximate surface area is 492 Å². The summed E-state index contributed by atoms with van der Waals surface area (Å²) in [7, 11) is 3.12. The Morgan fingerprint density at radius 3 is 1.51 bits per heavy atom. The fraction of sp³-hybridized carbons (Fsp3) is 0.373. The Morgan fingerprint density at radius 1 is 0.586 bits per heavy atom. The van der Waals surface area contributed by atoms with Gasteiger partial charge in [0.25, 0.3) is 0 Å². The van der Waals surface area contributed by atoms with Crippen molar-refractivity contribution < 1.29 is 45.3 Å². The molecule has 2 aliphatic heterocycles. The Morgan fingerprint density at radius 2 is 1.06 bits per heavy atom. The zero-order valence-electron chi connectivity index (χ0n) is 47.7. The van der Waals surface area contributed by atoms with Gasteiger partial charge in [-0.3, -0.25) is 0 Å². The highest BCUT2D eigenvalue weighted by atomic mass is 19.4. The van der Waals surface area contributed by atoms with Gasteiger partial charge in [-0.15, -0.1) is 0 Å². The average molecular weight is 1200 g/mol. The third kappa shape index (κ3) is 11.4. The highest BCUT2D eigenvalue weighted by Gasteiger charge is 2.43. The summed E-state index contributed by atoms with van der Waals surface area (Å²) in [6.45, 7) is 7.15. The number of nitrogens with one attached hydrogen (secondary N) is 1. The van der Waals surface area contributed by atoms with E-state index < -0.39 is 35.4 Å². The molecule has 2 fully saturated rings. The summed E-state index contributed by atoms with van der Waals surface area (Å²) in [6.07, 6.45) is 4.13. The molecule has 22 nitrogen and oxygen atoms in total. The van der Waals surface area contributed by atoms with Crippen LogP contribution in [-0.2, 0) is 56.4 Å². The SMILES string of the molecule is COc1ncnc(C2CC2)c1-c1ncc2cnn(Cc3ccc(-c4nc(C(F)(F)F)c5n4CCN(C(=O)OC(C)(C)C)C5)cc3)c2n1.COc1ncnc(C2CC2)c1-c1ncc2cnn(Cc3ccc(-c4nc(C(F)(F)F)c5n4CCNC5)cc3)c2n1. The monoisotopic (exact) mass is 1190 g/mol. The molecule has 2 aliphatic carbocycles. The number of carbonyl (C=O) groups excluding carboxylic acids is 1. The van der Waals surface area contributed by atoms with Gasteiger partial charge in [-0.25, -0.2) is 64.0 Å². The molecule has 4 aliphatic rings. The fourth-order valence-electron chi connectivity index (χ4n) is 10.9. The van der Waals surface area contributed by atoms with Gasteiger partial charge in [0.15, 0.2) is 34.3 Å².